The number of benzene rings is 5. The number of aliphatic hydroxyl groups excluding tert-OH is 1. The first-order valence-corrected chi connectivity index (χ1v) is 16.4. The summed E-state index contributed by atoms with van der Waals surface area (Å²) in [4.78, 5) is 24.9. The minimum Gasteiger partial charge on any atom is -0.478 e. The van der Waals surface area contributed by atoms with Gasteiger partial charge in [0.25, 0.3) is 5.91 Å². The number of amides is 1. The van der Waals surface area contributed by atoms with Crippen molar-refractivity contribution in [2.45, 2.75) is 43.0 Å². The molecule has 0 radical (unpaired) electrons. The Hall–Kier alpha value is -4.73. The highest BCUT2D eigenvalue weighted by Crippen LogP contribution is 2.40. The molecule has 1 heterocycles. The number of thioether (sulfide) groups is 1. The molecule has 1 aliphatic heterocycles. The number of rotatable bonds is 11. The fourth-order valence-corrected chi connectivity index (χ4v) is 6.47. The molecule has 1 fully saturated rings. The average Bonchev–Trinajstić information content (AvgIpc) is 3.13. The van der Waals surface area contributed by atoms with Crippen molar-refractivity contribution in [1.29, 1.82) is 0 Å². The number of hydrogen-bond acceptors (Lipinski definition) is 6. The van der Waals surface area contributed by atoms with E-state index >= 15 is 0 Å². The Morgan fingerprint density at radius 2 is 1.43 bits per heavy atom. The highest BCUT2D eigenvalue weighted by Gasteiger charge is 2.32. The molecular weight excluding hydrogens is 610 g/mol. The highest BCUT2D eigenvalue weighted by molar-refractivity contribution is 7.99. The van der Waals surface area contributed by atoms with E-state index in [9.17, 15) is 19.8 Å². The maximum atomic E-state index is 12.7. The third kappa shape index (κ3) is 8.17. The van der Waals surface area contributed by atoms with Crippen LogP contribution in [0.4, 0.5) is 0 Å². The van der Waals surface area contributed by atoms with Gasteiger partial charge in [-0.3, -0.25) is 4.79 Å². The minimum atomic E-state index is -0.948. The number of nitrogens with one attached hydrogen (secondary N) is 1. The molecule has 5 aromatic rings. The zero-order chi connectivity index (χ0) is 32.6. The standard InChI is InChI=1S/C39H35NO6S/c41-24-26-10-12-28(13-11-26)36-22-33(25-47-34-20-18-30(19-21-34)38(43)44)45-39(46-36)31-16-14-27(15-17-31)35-9-5-4-8-32(35)23-40-37(42)29-6-2-1-3-7-29/h1-21,33,36,39,41H,22-25H2,(H,40,42)(H,43,44)/t33-,36+,39+/m1/s1. The van der Waals surface area contributed by atoms with Gasteiger partial charge in [0.2, 0.25) is 0 Å². The summed E-state index contributed by atoms with van der Waals surface area (Å²) in [7, 11) is 0. The van der Waals surface area contributed by atoms with Crippen molar-refractivity contribution in [2.24, 2.45) is 0 Å². The Labute approximate surface area is 278 Å². The van der Waals surface area contributed by atoms with Gasteiger partial charge in [-0.05, 0) is 64.2 Å². The zero-order valence-electron chi connectivity index (χ0n) is 25.6. The summed E-state index contributed by atoms with van der Waals surface area (Å²) >= 11 is 1.62. The molecule has 0 aromatic heterocycles. The summed E-state index contributed by atoms with van der Waals surface area (Å²) in [5.41, 5.74) is 6.67. The summed E-state index contributed by atoms with van der Waals surface area (Å²) < 4.78 is 13.0. The zero-order valence-corrected chi connectivity index (χ0v) is 26.4. The van der Waals surface area contributed by atoms with Crippen LogP contribution >= 0.6 is 11.8 Å². The molecule has 3 atom stereocenters. The quantitative estimate of drug-likeness (QED) is 0.126. The van der Waals surface area contributed by atoms with E-state index in [0.717, 1.165) is 38.3 Å². The molecule has 1 saturated heterocycles. The molecule has 5 aromatic carbocycles. The second-order valence-corrected chi connectivity index (χ2v) is 12.4. The average molecular weight is 646 g/mol. The van der Waals surface area contributed by atoms with Gasteiger partial charge >= 0.3 is 5.97 Å². The Bertz CT molecular complexity index is 1790. The predicted octanol–water partition coefficient (Wildman–Crippen LogP) is 7.81. The molecule has 6 rings (SSSR count). The lowest BCUT2D eigenvalue weighted by atomic mass is 9.97. The third-order valence-corrected chi connectivity index (χ3v) is 9.28. The molecule has 8 heteroatoms. The third-order valence-electron chi connectivity index (χ3n) is 8.14. The number of carboxylic acid groups (broad SMARTS) is 1. The number of carbonyl (C=O) groups is 2. The van der Waals surface area contributed by atoms with Crippen molar-refractivity contribution in [2.75, 3.05) is 5.75 Å². The molecule has 238 valence electrons. The number of aromatic carboxylic acids is 1. The summed E-state index contributed by atoms with van der Waals surface area (Å²) in [5.74, 6) is -0.401. The number of carbonyl (C=O) groups excluding carboxylic acids is 1. The first kappa shape index (κ1) is 32.2. The van der Waals surface area contributed by atoms with Gasteiger partial charge in [-0.15, -0.1) is 11.8 Å². The number of aliphatic hydroxyl groups is 1. The van der Waals surface area contributed by atoms with Crippen molar-refractivity contribution in [3.05, 3.63) is 161 Å². The lowest BCUT2D eigenvalue weighted by molar-refractivity contribution is -0.245. The van der Waals surface area contributed by atoms with Crippen LogP contribution in [0.3, 0.4) is 0 Å². The summed E-state index contributed by atoms with van der Waals surface area (Å²) in [6.07, 6.45) is -0.292. The molecular formula is C39H35NO6S. The molecule has 1 aliphatic rings. The van der Waals surface area contributed by atoms with Gasteiger partial charge in [-0.2, -0.15) is 0 Å². The Kier molecular flexibility index (Phi) is 10.4. The molecule has 0 aliphatic carbocycles. The van der Waals surface area contributed by atoms with Crippen molar-refractivity contribution in [3.8, 4) is 11.1 Å². The lowest BCUT2D eigenvalue weighted by Gasteiger charge is -2.36. The minimum absolute atomic E-state index is 0.0215. The van der Waals surface area contributed by atoms with Crippen molar-refractivity contribution < 1.29 is 29.3 Å². The molecule has 7 nitrogen and oxygen atoms in total. The molecule has 3 N–H and O–H groups in total. The van der Waals surface area contributed by atoms with Gasteiger partial charge in [0.1, 0.15) is 0 Å². The van der Waals surface area contributed by atoms with Gasteiger partial charge in [-0.1, -0.05) is 91.0 Å². The van der Waals surface area contributed by atoms with Crippen LogP contribution in [-0.2, 0) is 22.6 Å². The van der Waals surface area contributed by atoms with E-state index in [2.05, 4.69) is 11.4 Å². The Morgan fingerprint density at radius 3 is 2.13 bits per heavy atom. The van der Waals surface area contributed by atoms with E-state index in [1.54, 1.807) is 36.0 Å². The predicted molar refractivity (Wildman–Crippen MR) is 182 cm³/mol. The van der Waals surface area contributed by atoms with E-state index in [0.29, 0.717) is 24.3 Å². The second-order valence-electron chi connectivity index (χ2n) is 11.3. The molecule has 0 saturated carbocycles. The Morgan fingerprint density at radius 1 is 0.745 bits per heavy atom. The van der Waals surface area contributed by atoms with E-state index in [4.69, 9.17) is 9.47 Å². The topological polar surface area (TPSA) is 105 Å². The van der Waals surface area contributed by atoms with Crippen molar-refractivity contribution >= 4 is 23.6 Å². The molecule has 0 spiro atoms. The van der Waals surface area contributed by atoms with E-state index in [1.165, 1.54) is 0 Å². The largest absolute Gasteiger partial charge is 0.478 e. The van der Waals surface area contributed by atoms with Crippen LogP contribution in [0.15, 0.2) is 132 Å². The van der Waals surface area contributed by atoms with Crippen LogP contribution in [0.2, 0.25) is 0 Å². The fourth-order valence-electron chi connectivity index (χ4n) is 5.55. The van der Waals surface area contributed by atoms with Gasteiger partial charge in [0.15, 0.2) is 6.29 Å². The van der Waals surface area contributed by atoms with Crippen LogP contribution in [0.5, 0.6) is 0 Å². The van der Waals surface area contributed by atoms with Gasteiger partial charge < -0.3 is 25.0 Å². The van der Waals surface area contributed by atoms with Crippen molar-refractivity contribution in [3.63, 3.8) is 0 Å². The SMILES string of the molecule is O=C(O)c1ccc(SC[C@H]2C[C@@H](c3ccc(CO)cc3)O[C@@H](c3ccc(-c4ccccc4CNC(=O)c4ccccc4)cc3)O2)cc1. The van der Waals surface area contributed by atoms with Crippen LogP contribution in [0, 0.1) is 0 Å². The molecule has 1 amide bonds. The highest BCUT2D eigenvalue weighted by atomic mass is 32.2. The number of hydrogen-bond donors (Lipinski definition) is 3. The molecule has 47 heavy (non-hydrogen) atoms. The number of ether oxygens (including phenoxy) is 2. The van der Waals surface area contributed by atoms with E-state index in [-0.39, 0.29) is 30.3 Å². The molecule has 0 bridgehead atoms. The maximum absolute atomic E-state index is 12.7. The fraction of sp³-hybridized carbons (Fsp3) is 0.179. The first-order valence-electron chi connectivity index (χ1n) is 15.4. The van der Waals surface area contributed by atoms with Crippen LogP contribution < -0.4 is 5.32 Å². The lowest BCUT2D eigenvalue weighted by Crippen LogP contribution is -2.31. The van der Waals surface area contributed by atoms with Gasteiger partial charge in [0.05, 0.1) is 24.4 Å². The Balaban J connectivity index is 1.18. The normalized spacial score (nSPS) is 17.6. The summed E-state index contributed by atoms with van der Waals surface area (Å²) in [5, 5.41) is 21.8. The summed E-state index contributed by atoms with van der Waals surface area (Å²) in [6.45, 7) is 0.377. The second kappa shape index (κ2) is 15.2. The van der Waals surface area contributed by atoms with Crippen LogP contribution in [0.1, 0.15) is 61.8 Å². The summed E-state index contributed by atoms with van der Waals surface area (Å²) in [6, 6.07) is 40.0. The van der Waals surface area contributed by atoms with Crippen LogP contribution in [-0.4, -0.2) is 33.9 Å². The van der Waals surface area contributed by atoms with E-state index < -0.39 is 12.3 Å². The smallest absolute Gasteiger partial charge is 0.335 e. The number of carboxylic acids is 1. The maximum Gasteiger partial charge on any atom is 0.335 e. The van der Waals surface area contributed by atoms with Gasteiger partial charge in [0, 0.05) is 34.7 Å². The molecule has 0 unspecified atom stereocenters. The monoisotopic (exact) mass is 645 g/mol. The van der Waals surface area contributed by atoms with E-state index in [1.807, 2.05) is 97.1 Å². The van der Waals surface area contributed by atoms with Gasteiger partial charge in [-0.25, -0.2) is 4.79 Å². The van der Waals surface area contributed by atoms with Crippen LogP contribution in [0.25, 0.3) is 11.1 Å². The van der Waals surface area contributed by atoms with Crippen molar-refractivity contribution in [1.82, 2.24) is 5.32 Å². The first-order chi connectivity index (χ1) is 23.0.